The van der Waals surface area contributed by atoms with Gasteiger partial charge in [0.2, 0.25) is 0 Å². The second-order valence-electron chi connectivity index (χ2n) is 6.27. The molecule has 5 nitrogen and oxygen atoms in total. The quantitative estimate of drug-likeness (QED) is 0.914. The lowest BCUT2D eigenvalue weighted by Gasteiger charge is -2.24. The number of hydrogen-bond donors (Lipinski definition) is 1. The average molecular weight is 301 g/mol. The number of hydrogen-bond acceptors (Lipinski definition) is 4. The van der Waals surface area contributed by atoms with E-state index in [0.29, 0.717) is 13.2 Å². The minimum Gasteiger partial charge on any atom is -0.490 e. The molecule has 5 heteroatoms. The fraction of sp³-hybridized carbons (Fsp3) is 0.471. The minimum atomic E-state index is -0.781. The van der Waals surface area contributed by atoms with Gasteiger partial charge in [-0.05, 0) is 25.0 Å². The van der Waals surface area contributed by atoms with E-state index in [1.807, 2.05) is 49.0 Å². The van der Waals surface area contributed by atoms with Crippen molar-refractivity contribution in [3.8, 4) is 5.75 Å². The Morgan fingerprint density at radius 2 is 2.18 bits per heavy atom. The summed E-state index contributed by atoms with van der Waals surface area (Å²) in [5, 5.41) is 10.7. The lowest BCUT2D eigenvalue weighted by molar-refractivity contribution is 0.00313. The maximum Gasteiger partial charge on any atom is 0.122 e. The van der Waals surface area contributed by atoms with Gasteiger partial charge in [0.05, 0.1) is 12.0 Å². The summed E-state index contributed by atoms with van der Waals surface area (Å²) in [4.78, 5) is 6.57. The molecule has 1 fully saturated rings. The summed E-state index contributed by atoms with van der Waals surface area (Å²) in [6, 6.07) is 7.90. The lowest BCUT2D eigenvalue weighted by atomic mass is 10.1. The van der Waals surface area contributed by atoms with Crippen LogP contribution in [-0.2, 0) is 13.6 Å². The van der Waals surface area contributed by atoms with E-state index in [2.05, 4.69) is 9.88 Å². The standard InChI is InChI=1S/C17H23N3O2/c1-14-5-3-4-6-16(14)22-12-17(21)7-8-20(11-17)10-15-9-19(2)13-18-15/h3-6,9,13,21H,7-8,10-12H2,1-2H3. The molecule has 1 atom stereocenters. The summed E-state index contributed by atoms with van der Waals surface area (Å²) in [6.07, 6.45) is 4.55. The molecule has 118 valence electrons. The van der Waals surface area contributed by atoms with Crippen molar-refractivity contribution in [3.05, 3.63) is 48.0 Å². The molecule has 2 heterocycles. The molecular weight excluding hydrogens is 278 g/mol. The van der Waals surface area contributed by atoms with Gasteiger partial charge in [0.25, 0.3) is 0 Å². The van der Waals surface area contributed by atoms with Crippen LogP contribution < -0.4 is 4.74 Å². The second kappa shape index (κ2) is 6.10. The van der Waals surface area contributed by atoms with Crippen molar-refractivity contribution in [1.82, 2.24) is 14.5 Å². The number of β-amino-alcohol motifs (C(OH)–C–C–N with tert-alkyl or cyclic N) is 1. The highest BCUT2D eigenvalue weighted by molar-refractivity contribution is 5.31. The van der Waals surface area contributed by atoms with E-state index in [1.165, 1.54) is 0 Å². The first-order valence-electron chi connectivity index (χ1n) is 7.64. The zero-order valence-electron chi connectivity index (χ0n) is 13.2. The number of aliphatic hydroxyl groups is 1. The average Bonchev–Trinajstić information content (AvgIpc) is 3.05. The first-order valence-corrected chi connectivity index (χ1v) is 7.64. The zero-order chi connectivity index (χ0) is 15.6. The molecule has 1 aliphatic heterocycles. The normalized spacial score (nSPS) is 22.1. The van der Waals surface area contributed by atoms with Crippen LogP contribution in [0, 0.1) is 6.92 Å². The molecule has 0 amide bonds. The molecular formula is C17H23N3O2. The Bertz CT molecular complexity index is 640. The number of imidazole rings is 1. The Balaban J connectivity index is 1.55. The molecule has 0 aliphatic carbocycles. The van der Waals surface area contributed by atoms with Gasteiger partial charge in [-0.15, -0.1) is 0 Å². The van der Waals surface area contributed by atoms with Gasteiger partial charge in [-0.1, -0.05) is 18.2 Å². The van der Waals surface area contributed by atoms with E-state index in [0.717, 1.165) is 36.5 Å². The first-order chi connectivity index (χ1) is 10.5. The number of aromatic nitrogens is 2. The number of likely N-dealkylation sites (tertiary alicyclic amines) is 1. The van der Waals surface area contributed by atoms with Gasteiger partial charge in [-0.3, -0.25) is 4.90 Å². The molecule has 1 saturated heterocycles. The minimum absolute atomic E-state index is 0.330. The monoisotopic (exact) mass is 301 g/mol. The largest absolute Gasteiger partial charge is 0.490 e. The summed E-state index contributed by atoms with van der Waals surface area (Å²) in [5.74, 6) is 0.846. The van der Waals surface area contributed by atoms with Crippen molar-refractivity contribution in [2.45, 2.75) is 25.5 Å². The van der Waals surface area contributed by atoms with Gasteiger partial charge in [0.15, 0.2) is 0 Å². The second-order valence-corrected chi connectivity index (χ2v) is 6.27. The van der Waals surface area contributed by atoms with Crippen LogP contribution in [0.25, 0.3) is 0 Å². The zero-order valence-corrected chi connectivity index (χ0v) is 13.2. The Labute approximate surface area is 131 Å². The van der Waals surface area contributed by atoms with Crippen LogP contribution in [-0.4, -0.2) is 44.9 Å². The Kier molecular flexibility index (Phi) is 4.18. The van der Waals surface area contributed by atoms with E-state index < -0.39 is 5.60 Å². The molecule has 0 bridgehead atoms. The van der Waals surface area contributed by atoms with Gasteiger partial charge in [0.1, 0.15) is 18.0 Å². The number of benzene rings is 1. The fourth-order valence-electron chi connectivity index (χ4n) is 2.90. The molecule has 1 N–H and O–H groups in total. The predicted molar refractivity (Wildman–Crippen MR) is 84.7 cm³/mol. The third-order valence-corrected chi connectivity index (χ3v) is 4.15. The van der Waals surface area contributed by atoms with Crippen LogP contribution in [0.5, 0.6) is 5.75 Å². The maximum atomic E-state index is 10.7. The number of aryl methyl sites for hydroxylation is 2. The molecule has 3 rings (SSSR count). The summed E-state index contributed by atoms with van der Waals surface area (Å²) < 4.78 is 7.77. The lowest BCUT2D eigenvalue weighted by Crippen LogP contribution is -2.39. The highest BCUT2D eigenvalue weighted by Crippen LogP contribution is 2.25. The van der Waals surface area contributed by atoms with E-state index in [9.17, 15) is 5.11 Å². The van der Waals surface area contributed by atoms with Crippen molar-refractivity contribution in [2.24, 2.45) is 7.05 Å². The highest BCUT2D eigenvalue weighted by atomic mass is 16.5. The highest BCUT2D eigenvalue weighted by Gasteiger charge is 2.37. The number of ether oxygens (including phenoxy) is 1. The summed E-state index contributed by atoms with van der Waals surface area (Å²) >= 11 is 0. The van der Waals surface area contributed by atoms with Gasteiger partial charge in [0, 0.05) is 32.9 Å². The molecule has 1 aromatic heterocycles. The Morgan fingerprint density at radius 1 is 1.36 bits per heavy atom. The van der Waals surface area contributed by atoms with Crippen LogP contribution in [0.1, 0.15) is 17.7 Å². The molecule has 2 aromatic rings. The van der Waals surface area contributed by atoms with Crippen LogP contribution in [0.2, 0.25) is 0 Å². The SMILES string of the molecule is Cc1ccccc1OCC1(O)CCN(Cc2cn(C)cn2)C1. The fourth-order valence-corrected chi connectivity index (χ4v) is 2.90. The van der Waals surface area contributed by atoms with Gasteiger partial charge >= 0.3 is 0 Å². The van der Waals surface area contributed by atoms with E-state index in [1.54, 1.807) is 6.33 Å². The predicted octanol–water partition coefficient (Wildman–Crippen LogP) is 1.74. The van der Waals surface area contributed by atoms with Crippen molar-refractivity contribution in [2.75, 3.05) is 19.7 Å². The number of nitrogens with zero attached hydrogens (tertiary/aromatic N) is 3. The molecule has 0 spiro atoms. The van der Waals surface area contributed by atoms with Crippen molar-refractivity contribution >= 4 is 0 Å². The molecule has 1 aliphatic rings. The first kappa shape index (κ1) is 15.1. The third-order valence-electron chi connectivity index (χ3n) is 4.15. The van der Waals surface area contributed by atoms with Gasteiger partial charge in [-0.2, -0.15) is 0 Å². The summed E-state index contributed by atoms with van der Waals surface area (Å²) in [6.45, 7) is 4.60. The topological polar surface area (TPSA) is 50.5 Å². The van der Waals surface area contributed by atoms with E-state index in [-0.39, 0.29) is 0 Å². The van der Waals surface area contributed by atoms with Crippen molar-refractivity contribution in [1.29, 1.82) is 0 Å². The Hall–Kier alpha value is -1.85. The smallest absolute Gasteiger partial charge is 0.122 e. The molecule has 22 heavy (non-hydrogen) atoms. The third kappa shape index (κ3) is 3.48. The van der Waals surface area contributed by atoms with Crippen LogP contribution in [0.3, 0.4) is 0 Å². The van der Waals surface area contributed by atoms with Crippen LogP contribution in [0.4, 0.5) is 0 Å². The molecule has 0 saturated carbocycles. The summed E-state index contributed by atoms with van der Waals surface area (Å²) in [5.41, 5.74) is 1.35. The van der Waals surface area contributed by atoms with E-state index >= 15 is 0 Å². The molecule has 1 unspecified atom stereocenters. The molecule has 0 radical (unpaired) electrons. The Morgan fingerprint density at radius 3 is 2.91 bits per heavy atom. The summed E-state index contributed by atoms with van der Waals surface area (Å²) in [7, 11) is 1.97. The van der Waals surface area contributed by atoms with E-state index in [4.69, 9.17) is 4.74 Å². The molecule has 1 aromatic carbocycles. The van der Waals surface area contributed by atoms with Crippen molar-refractivity contribution in [3.63, 3.8) is 0 Å². The van der Waals surface area contributed by atoms with Crippen molar-refractivity contribution < 1.29 is 9.84 Å². The number of para-hydroxylation sites is 1. The van der Waals surface area contributed by atoms with Crippen LogP contribution >= 0.6 is 0 Å². The number of rotatable bonds is 5. The maximum absolute atomic E-state index is 10.7. The van der Waals surface area contributed by atoms with Gasteiger partial charge in [-0.25, -0.2) is 4.98 Å². The van der Waals surface area contributed by atoms with Gasteiger partial charge < -0.3 is 14.4 Å². The van der Waals surface area contributed by atoms with Crippen LogP contribution in [0.15, 0.2) is 36.8 Å².